The number of carbonyl (C=O) groups excluding carboxylic acids is 2. The summed E-state index contributed by atoms with van der Waals surface area (Å²) in [5.41, 5.74) is 4.09. The molecule has 0 saturated carbocycles. The molecular weight excluding hydrogens is 466 g/mol. The van der Waals surface area contributed by atoms with E-state index in [9.17, 15) is 9.59 Å². The smallest absolute Gasteiger partial charge is 0.358 e. The highest BCUT2D eigenvalue weighted by Crippen LogP contribution is 2.28. The van der Waals surface area contributed by atoms with Crippen LogP contribution in [0.1, 0.15) is 23.0 Å². The molecule has 1 heterocycles. The minimum Gasteiger partial charge on any atom is -0.484 e. The summed E-state index contributed by atoms with van der Waals surface area (Å²) in [6.07, 6.45) is 0. The molecule has 1 aromatic heterocycles. The van der Waals surface area contributed by atoms with Gasteiger partial charge < -0.3 is 14.8 Å². The molecule has 0 atom stereocenters. The number of aromatic nitrogens is 2. The van der Waals surface area contributed by atoms with Gasteiger partial charge in [-0.15, -0.1) is 0 Å². The summed E-state index contributed by atoms with van der Waals surface area (Å²) in [7, 11) is 0. The first-order chi connectivity index (χ1) is 16.9. The molecule has 0 spiro atoms. The van der Waals surface area contributed by atoms with Gasteiger partial charge in [0.1, 0.15) is 5.75 Å². The van der Waals surface area contributed by atoms with Crippen molar-refractivity contribution in [3.63, 3.8) is 0 Å². The second-order valence-electron chi connectivity index (χ2n) is 7.71. The van der Waals surface area contributed by atoms with Crippen LogP contribution in [0.5, 0.6) is 5.75 Å². The summed E-state index contributed by atoms with van der Waals surface area (Å²) in [4.78, 5) is 24.9. The van der Waals surface area contributed by atoms with Crippen LogP contribution in [0.2, 0.25) is 5.02 Å². The van der Waals surface area contributed by atoms with Crippen molar-refractivity contribution in [2.75, 3.05) is 18.5 Å². The minimum atomic E-state index is -0.495. The third-order valence-electron chi connectivity index (χ3n) is 5.16. The van der Waals surface area contributed by atoms with Crippen molar-refractivity contribution in [3.8, 4) is 22.7 Å². The molecule has 8 heteroatoms. The summed E-state index contributed by atoms with van der Waals surface area (Å²) >= 11 is 5.87. The van der Waals surface area contributed by atoms with Crippen molar-refractivity contribution in [3.05, 3.63) is 95.1 Å². The fraction of sp³-hybridized carbons (Fsp3) is 0.148. The van der Waals surface area contributed by atoms with Gasteiger partial charge >= 0.3 is 5.97 Å². The number of anilines is 1. The van der Waals surface area contributed by atoms with Gasteiger partial charge in [-0.05, 0) is 67.9 Å². The molecule has 35 heavy (non-hydrogen) atoms. The van der Waals surface area contributed by atoms with E-state index in [-0.39, 0.29) is 24.8 Å². The molecule has 7 nitrogen and oxygen atoms in total. The molecule has 1 N–H and O–H groups in total. The molecule has 3 aromatic carbocycles. The lowest BCUT2D eigenvalue weighted by Gasteiger charge is -2.12. The summed E-state index contributed by atoms with van der Waals surface area (Å²) in [6, 6.07) is 23.6. The zero-order valence-electron chi connectivity index (χ0n) is 19.3. The van der Waals surface area contributed by atoms with Gasteiger partial charge in [-0.1, -0.05) is 41.9 Å². The fourth-order valence-corrected chi connectivity index (χ4v) is 3.64. The van der Waals surface area contributed by atoms with Crippen LogP contribution in [-0.2, 0) is 9.53 Å². The van der Waals surface area contributed by atoms with Gasteiger partial charge in [0.05, 0.1) is 18.0 Å². The monoisotopic (exact) mass is 489 g/mol. The van der Waals surface area contributed by atoms with E-state index in [1.807, 2.05) is 49.4 Å². The number of aryl methyl sites for hydroxylation is 1. The highest BCUT2D eigenvalue weighted by atomic mass is 35.5. The van der Waals surface area contributed by atoms with Crippen LogP contribution in [-0.4, -0.2) is 34.9 Å². The molecule has 0 aliphatic rings. The highest BCUT2D eigenvalue weighted by molar-refractivity contribution is 6.30. The van der Waals surface area contributed by atoms with Gasteiger partial charge in [-0.2, -0.15) is 5.10 Å². The number of esters is 1. The van der Waals surface area contributed by atoms with Crippen LogP contribution in [0.15, 0.2) is 78.9 Å². The molecule has 0 radical (unpaired) electrons. The third kappa shape index (κ3) is 5.88. The summed E-state index contributed by atoms with van der Waals surface area (Å²) in [5, 5.41) is 7.96. The van der Waals surface area contributed by atoms with E-state index in [4.69, 9.17) is 21.1 Å². The topological polar surface area (TPSA) is 82.5 Å². The van der Waals surface area contributed by atoms with E-state index in [1.54, 1.807) is 48.0 Å². The molecular formula is C27H24ClN3O4. The molecule has 0 fully saturated rings. The molecule has 4 rings (SSSR count). The summed E-state index contributed by atoms with van der Waals surface area (Å²) in [6.45, 7) is 3.83. The summed E-state index contributed by atoms with van der Waals surface area (Å²) in [5.74, 6) is -0.256. The number of halogens is 1. The van der Waals surface area contributed by atoms with E-state index in [1.165, 1.54) is 0 Å². The maximum Gasteiger partial charge on any atom is 0.358 e. The Hall–Kier alpha value is -4.10. The number of rotatable bonds is 8. The molecule has 1 amide bonds. The average Bonchev–Trinajstić information content (AvgIpc) is 3.30. The zero-order chi connectivity index (χ0) is 24.8. The quantitative estimate of drug-likeness (QED) is 0.321. The van der Waals surface area contributed by atoms with Crippen molar-refractivity contribution >= 4 is 29.2 Å². The van der Waals surface area contributed by atoms with Crippen LogP contribution >= 0.6 is 11.6 Å². The number of ether oxygens (including phenoxy) is 2. The number of carbonyl (C=O) groups is 2. The van der Waals surface area contributed by atoms with E-state index >= 15 is 0 Å². The van der Waals surface area contributed by atoms with Gasteiger partial charge in [0.2, 0.25) is 0 Å². The highest BCUT2D eigenvalue weighted by Gasteiger charge is 2.19. The van der Waals surface area contributed by atoms with Gasteiger partial charge in [0, 0.05) is 16.3 Å². The first kappa shape index (κ1) is 24.0. The van der Waals surface area contributed by atoms with Gasteiger partial charge in [0.15, 0.2) is 12.3 Å². The predicted molar refractivity (Wildman–Crippen MR) is 135 cm³/mol. The van der Waals surface area contributed by atoms with E-state index < -0.39 is 5.97 Å². The average molecular weight is 490 g/mol. The number of nitrogens with one attached hydrogen (secondary N) is 1. The number of benzene rings is 3. The first-order valence-electron chi connectivity index (χ1n) is 11.1. The maximum absolute atomic E-state index is 12.5. The Balaban J connectivity index is 1.59. The number of nitrogens with zero attached hydrogens (tertiary/aromatic N) is 2. The number of para-hydroxylation sites is 1. The second-order valence-corrected chi connectivity index (χ2v) is 8.14. The standard InChI is InChI=1S/C27H24ClN3O4/c1-3-34-27(33)23-16-25(31(30-23)24-10-5-4-7-18(24)2)19-8-6-9-21(15-19)29-26(32)17-35-22-13-11-20(28)12-14-22/h4-16H,3,17H2,1-2H3,(H,29,32). The molecule has 0 bridgehead atoms. The van der Waals surface area contributed by atoms with Crippen molar-refractivity contribution in [1.82, 2.24) is 9.78 Å². The first-order valence-corrected chi connectivity index (χ1v) is 11.4. The molecule has 0 unspecified atom stereocenters. The lowest BCUT2D eigenvalue weighted by atomic mass is 10.1. The van der Waals surface area contributed by atoms with Crippen molar-refractivity contribution in [2.45, 2.75) is 13.8 Å². The van der Waals surface area contributed by atoms with Crippen LogP contribution < -0.4 is 10.1 Å². The number of hydrogen-bond donors (Lipinski definition) is 1. The lowest BCUT2D eigenvalue weighted by molar-refractivity contribution is -0.118. The Bertz CT molecular complexity index is 1350. The lowest BCUT2D eigenvalue weighted by Crippen LogP contribution is -2.20. The Kier molecular flexibility index (Phi) is 7.48. The van der Waals surface area contributed by atoms with Crippen LogP contribution in [0.25, 0.3) is 16.9 Å². The van der Waals surface area contributed by atoms with Crippen molar-refractivity contribution in [1.29, 1.82) is 0 Å². The van der Waals surface area contributed by atoms with E-state index in [0.29, 0.717) is 22.2 Å². The number of amides is 1. The molecule has 178 valence electrons. The molecule has 0 saturated heterocycles. The minimum absolute atomic E-state index is 0.153. The Morgan fingerprint density at radius 3 is 2.51 bits per heavy atom. The fourth-order valence-electron chi connectivity index (χ4n) is 3.51. The van der Waals surface area contributed by atoms with Crippen molar-refractivity contribution in [2.24, 2.45) is 0 Å². The Labute approximate surface area is 208 Å². The normalized spacial score (nSPS) is 10.6. The Morgan fingerprint density at radius 2 is 1.77 bits per heavy atom. The Morgan fingerprint density at radius 1 is 1.00 bits per heavy atom. The van der Waals surface area contributed by atoms with Gasteiger partial charge in [-0.25, -0.2) is 9.48 Å². The molecule has 4 aromatic rings. The maximum atomic E-state index is 12.5. The third-order valence-corrected chi connectivity index (χ3v) is 5.42. The van der Waals surface area contributed by atoms with Gasteiger partial charge in [0.25, 0.3) is 5.91 Å². The number of hydrogen-bond acceptors (Lipinski definition) is 5. The predicted octanol–water partition coefficient (Wildman–Crippen LogP) is 5.70. The second kappa shape index (κ2) is 10.9. The van der Waals surface area contributed by atoms with Crippen LogP contribution in [0, 0.1) is 6.92 Å². The van der Waals surface area contributed by atoms with Crippen LogP contribution in [0.4, 0.5) is 5.69 Å². The zero-order valence-corrected chi connectivity index (χ0v) is 20.1. The molecule has 0 aliphatic carbocycles. The van der Waals surface area contributed by atoms with E-state index in [0.717, 1.165) is 16.8 Å². The SMILES string of the molecule is CCOC(=O)c1cc(-c2cccc(NC(=O)COc3ccc(Cl)cc3)c2)n(-c2ccccc2C)n1. The van der Waals surface area contributed by atoms with Crippen molar-refractivity contribution < 1.29 is 19.1 Å². The molecule has 0 aliphatic heterocycles. The summed E-state index contributed by atoms with van der Waals surface area (Å²) < 4.78 is 12.4. The van der Waals surface area contributed by atoms with Crippen LogP contribution in [0.3, 0.4) is 0 Å². The largest absolute Gasteiger partial charge is 0.484 e. The van der Waals surface area contributed by atoms with E-state index in [2.05, 4.69) is 10.4 Å². The van der Waals surface area contributed by atoms with Gasteiger partial charge in [-0.3, -0.25) is 4.79 Å².